The van der Waals surface area contributed by atoms with Crippen molar-refractivity contribution in [2.24, 2.45) is 5.92 Å². The smallest absolute Gasteiger partial charge is 0.307 e. The standard InChI is InChI=1S/C14H29NO2/c1-11(2)10-15(12(3)4)9-8-13(16)17-14(5,6)7/h11-12H,8-10H2,1-7H3. The van der Waals surface area contributed by atoms with Gasteiger partial charge in [0.2, 0.25) is 0 Å². The van der Waals surface area contributed by atoms with Crippen LogP contribution in [0.2, 0.25) is 0 Å². The SMILES string of the molecule is CC(C)CN(CCC(=O)OC(C)(C)C)C(C)C. The molecule has 0 heterocycles. The van der Waals surface area contributed by atoms with Crippen LogP contribution in [0.25, 0.3) is 0 Å². The molecule has 0 aliphatic carbocycles. The molecule has 0 bridgehead atoms. The van der Waals surface area contributed by atoms with Gasteiger partial charge in [-0.1, -0.05) is 13.8 Å². The van der Waals surface area contributed by atoms with E-state index in [-0.39, 0.29) is 11.6 Å². The maximum Gasteiger partial charge on any atom is 0.307 e. The van der Waals surface area contributed by atoms with Gasteiger partial charge in [0.15, 0.2) is 0 Å². The Kier molecular flexibility index (Phi) is 6.76. The van der Waals surface area contributed by atoms with Gasteiger partial charge in [0.1, 0.15) is 5.60 Å². The van der Waals surface area contributed by atoms with E-state index in [1.54, 1.807) is 0 Å². The van der Waals surface area contributed by atoms with E-state index in [9.17, 15) is 4.79 Å². The second-order valence-corrected chi connectivity index (χ2v) is 6.32. The molecular formula is C14H29NO2. The molecule has 0 fully saturated rings. The fraction of sp³-hybridized carbons (Fsp3) is 0.929. The molecule has 0 aromatic rings. The first-order chi connectivity index (χ1) is 7.61. The van der Waals surface area contributed by atoms with Crippen molar-refractivity contribution in [2.45, 2.75) is 66.5 Å². The lowest BCUT2D eigenvalue weighted by Crippen LogP contribution is -2.36. The average Bonchev–Trinajstić information content (AvgIpc) is 2.08. The van der Waals surface area contributed by atoms with E-state index >= 15 is 0 Å². The number of rotatable bonds is 6. The Bertz CT molecular complexity index is 229. The van der Waals surface area contributed by atoms with Crippen LogP contribution in [0, 0.1) is 5.92 Å². The van der Waals surface area contributed by atoms with Crippen LogP contribution in [0.1, 0.15) is 54.9 Å². The number of carbonyl (C=O) groups excluding carboxylic acids is 1. The van der Waals surface area contributed by atoms with Crippen molar-refractivity contribution in [1.29, 1.82) is 0 Å². The van der Waals surface area contributed by atoms with Gasteiger partial charge in [-0.25, -0.2) is 0 Å². The first-order valence-corrected chi connectivity index (χ1v) is 6.57. The number of ether oxygens (including phenoxy) is 1. The number of hydrogen-bond donors (Lipinski definition) is 0. The lowest BCUT2D eigenvalue weighted by molar-refractivity contribution is -0.155. The van der Waals surface area contributed by atoms with Crippen LogP contribution in [-0.4, -0.2) is 35.6 Å². The lowest BCUT2D eigenvalue weighted by Gasteiger charge is -2.28. The summed E-state index contributed by atoms with van der Waals surface area (Å²) in [6, 6.07) is 0.472. The molecule has 0 aliphatic rings. The highest BCUT2D eigenvalue weighted by Gasteiger charge is 2.18. The summed E-state index contributed by atoms with van der Waals surface area (Å²) in [6.07, 6.45) is 0.474. The molecule has 0 spiro atoms. The highest BCUT2D eigenvalue weighted by atomic mass is 16.6. The predicted molar refractivity (Wildman–Crippen MR) is 72.0 cm³/mol. The van der Waals surface area contributed by atoms with Gasteiger partial charge in [-0.05, 0) is 40.5 Å². The van der Waals surface area contributed by atoms with Crippen LogP contribution < -0.4 is 0 Å². The minimum absolute atomic E-state index is 0.105. The summed E-state index contributed by atoms with van der Waals surface area (Å²) in [5.41, 5.74) is -0.377. The minimum Gasteiger partial charge on any atom is -0.460 e. The maximum atomic E-state index is 11.6. The van der Waals surface area contributed by atoms with Crippen LogP contribution in [0.3, 0.4) is 0 Å². The van der Waals surface area contributed by atoms with Gasteiger partial charge < -0.3 is 9.64 Å². The first-order valence-electron chi connectivity index (χ1n) is 6.57. The lowest BCUT2D eigenvalue weighted by atomic mass is 10.1. The normalized spacial score (nSPS) is 12.6. The Morgan fingerprint density at radius 3 is 2.06 bits per heavy atom. The van der Waals surface area contributed by atoms with Crippen molar-refractivity contribution in [2.75, 3.05) is 13.1 Å². The topological polar surface area (TPSA) is 29.5 Å². The Morgan fingerprint density at radius 1 is 1.18 bits per heavy atom. The maximum absolute atomic E-state index is 11.6. The Morgan fingerprint density at radius 2 is 1.71 bits per heavy atom. The fourth-order valence-electron chi connectivity index (χ4n) is 1.66. The number of nitrogens with zero attached hydrogens (tertiary/aromatic N) is 1. The van der Waals surface area contributed by atoms with Gasteiger partial charge in [-0.15, -0.1) is 0 Å². The Balaban J connectivity index is 4.09. The zero-order valence-corrected chi connectivity index (χ0v) is 12.5. The first kappa shape index (κ1) is 16.4. The molecule has 0 amide bonds. The molecule has 0 saturated heterocycles. The van der Waals surface area contributed by atoms with Crippen molar-refractivity contribution in [3.8, 4) is 0 Å². The second kappa shape index (κ2) is 7.00. The molecule has 0 radical (unpaired) electrons. The molecule has 0 aliphatic heterocycles. The van der Waals surface area contributed by atoms with Crippen molar-refractivity contribution < 1.29 is 9.53 Å². The van der Waals surface area contributed by atoms with Crippen LogP contribution >= 0.6 is 0 Å². The molecular weight excluding hydrogens is 214 g/mol. The van der Waals surface area contributed by atoms with Crippen LogP contribution in [0.5, 0.6) is 0 Å². The van der Waals surface area contributed by atoms with Crippen LogP contribution in [0.15, 0.2) is 0 Å². The summed E-state index contributed by atoms with van der Waals surface area (Å²) in [5.74, 6) is 0.517. The third kappa shape index (κ3) is 9.16. The predicted octanol–water partition coefficient (Wildman–Crippen LogP) is 3.08. The van der Waals surface area contributed by atoms with E-state index in [4.69, 9.17) is 4.74 Å². The summed E-state index contributed by atoms with van der Waals surface area (Å²) in [6.45, 7) is 16.2. The fourth-order valence-corrected chi connectivity index (χ4v) is 1.66. The minimum atomic E-state index is -0.377. The van der Waals surface area contributed by atoms with E-state index in [1.807, 2.05) is 20.8 Å². The number of carbonyl (C=O) groups is 1. The van der Waals surface area contributed by atoms with Gasteiger partial charge in [-0.2, -0.15) is 0 Å². The van der Waals surface area contributed by atoms with Gasteiger partial charge in [0.25, 0.3) is 0 Å². The average molecular weight is 243 g/mol. The van der Waals surface area contributed by atoms with Crippen molar-refractivity contribution >= 4 is 5.97 Å². The molecule has 0 N–H and O–H groups in total. The van der Waals surface area contributed by atoms with E-state index in [1.165, 1.54) is 0 Å². The van der Waals surface area contributed by atoms with Crippen molar-refractivity contribution in [3.05, 3.63) is 0 Å². The van der Waals surface area contributed by atoms with E-state index in [0.717, 1.165) is 13.1 Å². The zero-order chi connectivity index (χ0) is 13.6. The summed E-state index contributed by atoms with van der Waals surface area (Å²) < 4.78 is 5.31. The Hall–Kier alpha value is -0.570. The third-order valence-electron chi connectivity index (χ3n) is 2.35. The quantitative estimate of drug-likeness (QED) is 0.671. The number of hydrogen-bond acceptors (Lipinski definition) is 3. The molecule has 0 unspecified atom stereocenters. The van der Waals surface area contributed by atoms with Crippen molar-refractivity contribution in [3.63, 3.8) is 0 Å². The van der Waals surface area contributed by atoms with E-state index in [2.05, 4.69) is 32.6 Å². The molecule has 3 nitrogen and oxygen atoms in total. The monoisotopic (exact) mass is 243 g/mol. The highest BCUT2D eigenvalue weighted by Crippen LogP contribution is 2.10. The third-order valence-corrected chi connectivity index (χ3v) is 2.35. The summed E-state index contributed by atoms with van der Waals surface area (Å²) in [7, 11) is 0. The molecule has 0 atom stereocenters. The molecule has 0 aromatic carbocycles. The van der Waals surface area contributed by atoms with Gasteiger partial charge >= 0.3 is 5.97 Å². The molecule has 0 saturated carbocycles. The molecule has 0 rings (SSSR count). The zero-order valence-electron chi connectivity index (χ0n) is 12.5. The number of esters is 1. The van der Waals surface area contributed by atoms with E-state index < -0.39 is 0 Å². The summed E-state index contributed by atoms with van der Waals surface area (Å²) in [5, 5.41) is 0. The molecule has 102 valence electrons. The summed E-state index contributed by atoms with van der Waals surface area (Å²) >= 11 is 0. The van der Waals surface area contributed by atoms with Gasteiger partial charge in [0, 0.05) is 19.1 Å². The molecule has 0 aromatic heterocycles. The molecule has 17 heavy (non-hydrogen) atoms. The highest BCUT2D eigenvalue weighted by molar-refractivity contribution is 5.70. The second-order valence-electron chi connectivity index (χ2n) is 6.32. The van der Waals surface area contributed by atoms with E-state index in [0.29, 0.717) is 18.4 Å². The largest absolute Gasteiger partial charge is 0.460 e. The summed E-state index contributed by atoms with van der Waals surface area (Å²) in [4.78, 5) is 14.0. The van der Waals surface area contributed by atoms with Gasteiger partial charge in [0.05, 0.1) is 6.42 Å². The molecule has 3 heteroatoms. The van der Waals surface area contributed by atoms with Crippen molar-refractivity contribution in [1.82, 2.24) is 4.90 Å². The van der Waals surface area contributed by atoms with Gasteiger partial charge in [-0.3, -0.25) is 4.79 Å². The Labute approximate surface area is 107 Å². The van der Waals surface area contributed by atoms with Crippen LogP contribution in [-0.2, 0) is 9.53 Å². The van der Waals surface area contributed by atoms with Crippen LogP contribution in [0.4, 0.5) is 0 Å².